The number of unbranched alkanes of at least 4 members (excludes halogenated alkanes) is 3. The van der Waals surface area contributed by atoms with E-state index in [1.165, 1.54) is 12.1 Å². The first-order chi connectivity index (χ1) is 12.5. The molecular weight excluding hydrogens is 356 g/mol. The Morgan fingerprint density at radius 1 is 1.27 bits per heavy atom. The average Bonchev–Trinajstić information content (AvgIpc) is 3.05. The van der Waals surface area contributed by atoms with Crippen LogP contribution in [0.4, 0.5) is 5.69 Å². The molecule has 142 valence electrons. The first-order valence-corrected chi connectivity index (χ1v) is 9.44. The third kappa shape index (κ3) is 5.73. The molecule has 0 spiro atoms. The molecule has 0 unspecified atom stereocenters. The summed E-state index contributed by atoms with van der Waals surface area (Å²) in [5, 5.41) is 3.13. The van der Waals surface area contributed by atoms with E-state index in [1.54, 1.807) is 11.0 Å². The van der Waals surface area contributed by atoms with E-state index in [0.29, 0.717) is 30.2 Å². The first-order valence-electron chi connectivity index (χ1n) is 9.06. The number of rotatable bonds is 9. The van der Waals surface area contributed by atoms with Crippen molar-refractivity contribution in [2.45, 2.75) is 45.4 Å². The highest BCUT2D eigenvalue weighted by Crippen LogP contribution is 2.30. The number of carbonyl (C=O) groups excluding carboxylic acids is 3. The van der Waals surface area contributed by atoms with Crippen LogP contribution in [0, 0.1) is 0 Å². The van der Waals surface area contributed by atoms with Gasteiger partial charge in [-0.15, -0.1) is 0 Å². The molecule has 0 aromatic heterocycles. The maximum Gasteiger partial charge on any atom is 0.338 e. The number of hydrogen-bond donors (Lipinski definition) is 1. The third-order valence-electron chi connectivity index (χ3n) is 4.23. The molecule has 1 aliphatic heterocycles. The van der Waals surface area contributed by atoms with Crippen molar-refractivity contribution in [3.05, 3.63) is 28.8 Å². The number of halogens is 1. The Hall–Kier alpha value is -2.08. The fraction of sp³-hybridized carbons (Fsp3) is 0.526. The molecule has 1 N–H and O–H groups in total. The topological polar surface area (TPSA) is 75.7 Å². The molecule has 1 heterocycles. The van der Waals surface area contributed by atoms with Crippen LogP contribution in [-0.2, 0) is 14.3 Å². The molecule has 1 saturated heterocycles. The molecule has 0 radical (unpaired) electrons. The van der Waals surface area contributed by atoms with E-state index in [2.05, 4.69) is 12.2 Å². The molecular formula is C19H25ClN2O4. The molecule has 6 nitrogen and oxygen atoms in total. The average molecular weight is 381 g/mol. The van der Waals surface area contributed by atoms with E-state index in [-0.39, 0.29) is 24.0 Å². The van der Waals surface area contributed by atoms with Gasteiger partial charge in [0, 0.05) is 19.5 Å². The highest BCUT2D eigenvalue weighted by Gasteiger charge is 2.24. The molecule has 0 aliphatic carbocycles. The van der Waals surface area contributed by atoms with Crippen LogP contribution >= 0.6 is 11.6 Å². The Morgan fingerprint density at radius 3 is 2.77 bits per heavy atom. The zero-order chi connectivity index (χ0) is 18.9. The van der Waals surface area contributed by atoms with Crippen LogP contribution in [0.5, 0.6) is 0 Å². The van der Waals surface area contributed by atoms with Gasteiger partial charge in [-0.3, -0.25) is 9.59 Å². The normalized spacial score (nSPS) is 13.8. The highest BCUT2D eigenvalue weighted by atomic mass is 35.5. The molecule has 7 heteroatoms. The lowest BCUT2D eigenvalue weighted by atomic mass is 10.2. The summed E-state index contributed by atoms with van der Waals surface area (Å²) in [6.45, 7) is 2.96. The van der Waals surface area contributed by atoms with Gasteiger partial charge in [-0.25, -0.2) is 4.79 Å². The summed E-state index contributed by atoms with van der Waals surface area (Å²) in [5.41, 5.74) is 0.767. The van der Waals surface area contributed by atoms with Gasteiger partial charge in [-0.05, 0) is 31.0 Å². The lowest BCUT2D eigenvalue weighted by molar-refractivity contribution is -0.124. The second-order valence-corrected chi connectivity index (χ2v) is 6.71. The maximum atomic E-state index is 12.2. The van der Waals surface area contributed by atoms with Crippen LogP contribution in [0.2, 0.25) is 5.02 Å². The largest absolute Gasteiger partial charge is 0.452 e. The number of amides is 2. The van der Waals surface area contributed by atoms with Crippen LogP contribution < -0.4 is 10.2 Å². The summed E-state index contributed by atoms with van der Waals surface area (Å²) in [5.74, 6) is -0.950. The van der Waals surface area contributed by atoms with Gasteiger partial charge in [0.25, 0.3) is 5.91 Å². The van der Waals surface area contributed by atoms with Crippen molar-refractivity contribution in [2.24, 2.45) is 0 Å². The second kappa shape index (κ2) is 10.2. The fourth-order valence-electron chi connectivity index (χ4n) is 2.79. The van der Waals surface area contributed by atoms with Gasteiger partial charge < -0.3 is 15.0 Å². The van der Waals surface area contributed by atoms with E-state index in [1.807, 2.05) is 0 Å². The Labute approximate surface area is 158 Å². The van der Waals surface area contributed by atoms with Crippen LogP contribution in [0.3, 0.4) is 0 Å². The molecule has 1 aliphatic rings. The van der Waals surface area contributed by atoms with Crippen molar-refractivity contribution < 1.29 is 19.1 Å². The third-order valence-corrected chi connectivity index (χ3v) is 4.55. The molecule has 26 heavy (non-hydrogen) atoms. The van der Waals surface area contributed by atoms with Crippen molar-refractivity contribution in [2.75, 3.05) is 24.6 Å². The van der Waals surface area contributed by atoms with Gasteiger partial charge in [0.1, 0.15) is 0 Å². The van der Waals surface area contributed by atoms with Crippen LogP contribution in [0.25, 0.3) is 0 Å². The number of nitrogens with one attached hydrogen (secondary N) is 1. The van der Waals surface area contributed by atoms with Crippen LogP contribution in [0.15, 0.2) is 18.2 Å². The van der Waals surface area contributed by atoms with Crippen molar-refractivity contribution in [1.29, 1.82) is 0 Å². The minimum Gasteiger partial charge on any atom is -0.452 e. The monoisotopic (exact) mass is 380 g/mol. The summed E-state index contributed by atoms with van der Waals surface area (Å²) in [6.07, 6.45) is 5.50. The SMILES string of the molecule is CCCCCCNC(=O)COC(=O)c1ccc(Cl)c(N2CCCC2=O)c1. The summed E-state index contributed by atoms with van der Waals surface area (Å²) in [4.78, 5) is 37.4. The Bertz CT molecular complexity index is 663. The molecule has 2 amide bonds. The van der Waals surface area contributed by atoms with Crippen molar-refractivity contribution in [1.82, 2.24) is 5.32 Å². The second-order valence-electron chi connectivity index (χ2n) is 6.30. The minimum atomic E-state index is -0.615. The van der Waals surface area contributed by atoms with Crippen molar-refractivity contribution >= 4 is 35.1 Å². The van der Waals surface area contributed by atoms with Gasteiger partial charge in [0.15, 0.2) is 6.61 Å². The number of anilines is 1. The lowest BCUT2D eigenvalue weighted by Crippen LogP contribution is -2.29. The zero-order valence-electron chi connectivity index (χ0n) is 15.1. The fourth-order valence-corrected chi connectivity index (χ4v) is 3.01. The van der Waals surface area contributed by atoms with Gasteiger partial charge >= 0.3 is 5.97 Å². The molecule has 0 atom stereocenters. The summed E-state index contributed by atoms with van der Waals surface area (Å²) < 4.78 is 5.05. The smallest absolute Gasteiger partial charge is 0.338 e. The van der Waals surface area contributed by atoms with Gasteiger partial charge in [0.05, 0.1) is 16.3 Å². The van der Waals surface area contributed by atoms with Crippen LogP contribution in [-0.4, -0.2) is 37.5 Å². The predicted molar refractivity (Wildman–Crippen MR) is 100 cm³/mol. The van der Waals surface area contributed by atoms with E-state index >= 15 is 0 Å². The first kappa shape index (κ1) is 20.2. The van der Waals surface area contributed by atoms with E-state index in [9.17, 15) is 14.4 Å². The molecule has 0 bridgehead atoms. The molecule has 1 aromatic rings. The summed E-state index contributed by atoms with van der Waals surface area (Å²) in [6, 6.07) is 4.63. The quantitative estimate of drug-likeness (QED) is 0.526. The van der Waals surface area contributed by atoms with Crippen molar-refractivity contribution in [3.63, 3.8) is 0 Å². The lowest BCUT2D eigenvalue weighted by Gasteiger charge is -2.18. The van der Waals surface area contributed by atoms with Crippen molar-refractivity contribution in [3.8, 4) is 0 Å². The zero-order valence-corrected chi connectivity index (χ0v) is 15.8. The standard InChI is InChI=1S/C19H25ClN2O4/c1-2-3-4-5-10-21-17(23)13-26-19(25)14-8-9-15(20)16(12-14)22-11-6-7-18(22)24/h8-9,12H,2-7,10-11,13H2,1H3,(H,21,23). The van der Waals surface area contributed by atoms with Gasteiger partial charge in [-0.1, -0.05) is 37.8 Å². The molecule has 1 aromatic carbocycles. The summed E-state index contributed by atoms with van der Waals surface area (Å²) in [7, 11) is 0. The maximum absolute atomic E-state index is 12.2. The number of benzene rings is 1. The van der Waals surface area contributed by atoms with Crippen LogP contribution in [0.1, 0.15) is 55.8 Å². The number of ether oxygens (including phenoxy) is 1. The summed E-state index contributed by atoms with van der Waals surface area (Å²) >= 11 is 6.16. The number of esters is 1. The molecule has 0 saturated carbocycles. The van der Waals surface area contributed by atoms with Gasteiger partial charge in [0.2, 0.25) is 5.91 Å². The molecule has 1 fully saturated rings. The highest BCUT2D eigenvalue weighted by molar-refractivity contribution is 6.34. The van der Waals surface area contributed by atoms with E-state index in [4.69, 9.17) is 16.3 Å². The predicted octanol–water partition coefficient (Wildman–Crippen LogP) is 3.32. The minimum absolute atomic E-state index is 0.0140. The number of hydrogen-bond acceptors (Lipinski definition) is 4. The number of nitrogens with zero attached hydrogens (tertiary/aromatic N) is 1. The molecule has 2 rings (SSSR count). The number of carbonyl (C=O) groups is 3. The van der Waals surface area contributed by atoms with E-state index < -0.39 is 5.97 Å². The van der Waals surface area contributed by atoms with E-state index in [0.717, 1.165) is 32.1 Å². The Morgan fingerprint density at radius 2 is 2.08 bits per heavy atom. The van der Waals surface area contributed by atoms with Gasteiger partial charge in [-0.2, -0.15) is 0 Å². The Kier molecular flexibility index (Phi) is 7.91. The Balaban J connectivity index is 1.85.